The van der Waals surface area contributed by atoms with E-state index in [1.807, 2.05) is 49.0 Å². The van der Waals surface area contributed by atoms with Gasteiger partial charge in [0.15, 0.2) is 17.2 Å². The molecule has 0 saturated carbocycles. The number of rotatable bonds is 4. The zero-order chi connectivity index (χ0) is 15.8. The molecule has 0 bridgehead atoms. The average Bonchev–Trinajstić information content (AvgIpc) is 3.30. The summed E-state index contributed by atoms with van der Waals surface area (Å²) in [4.78, 5) is 8.85. The van der Waals surface area contributed by atoms with Crippen LogP contribution in [0.25, 0.3) is 34.1 Å². The van der Waals surface area contributed by atoms with Gasteiger partial charge in [-0.15, -0.1) is 0 Å². The highest BCUT2D eigenvalue weighted by Gasteiger charge is 2.14. The Kier molecular flexibility index (Phi) is 3.18. The highest BCUT2D eigenvalue weighted by Crippen LogP contribution is 2.25. The van der Waals surface area contributed by atoms with Crippen LogP contribution in [0.15, 0.2) is 39.4 Å². The van der Waals surface area contributed by atoms with Crippen LogP contribution in [0.3, 0.4) is 0 Å². The van der Waals surface area contributed by atoms with Gasteiger partial charge in [0.2, 0.25) is 5.82 Å². The highest BCUT2D eigenvalue weighted by atomic mass is 16.5. The van der Waals surface area contributed by atoms with E-state index >= 15 is 0 Å². The van der Waals surface area contributed by atoms with Gasteiger partial charge in [-0.05, 0) is 31.2 Å². The van der Waals surface area contributed by atoms with Crippen LogP contribution in [0.2, 0.25) is 0 Å². The van der Waals surface area contributed by atoms with Crippen LogP contribution >= 0.6 is 0 Å². The van der Waals surface area contributed by atoms with Crippen LogP contribution in [0.1, 0.15) is 19.7 Å². The highest BCUT2D eigenvalue weighted by molar-refractivity contribution is 5.78. The van der Waals surface area contributed by atoms with Gasteiger partial charge in [-0.1, -0.05) is 12.1 Å². The Morgan fingerprint density at radius 3 is 2.83 bits per heavy atom. The minimum Gasteiger partial charge on any atom is -0.441 e. The molecule has 7 heteroatoms. The summed E-state index contributed by atoms with van der Waals surface area (Å²) in [5, 5.41) is 8.40. The fraction of sp³-hybridized carbons (Fsp3) is 0.250. The average molecular weight is 309 g/mol. The van der Waals surface area contributed by atoms with Gasteiger partial charge in [0.25, 0.3) is 5.89 Å². The fourth-order valence-corrected chi connectivity index (χ4v) is 2.36. The number of aromatic nitrogens is 5. The molecular formula is C16H15N5O2. The maximum atomic E-state index is 5.61. The summed E-state index contributed by atoms with van der Waals surface area (Å²) in [6.45, 7) is 4.82. The third-order valence-corrected chi connectivity index (χ3v) is 3.60. The summed E-state index contributed by atoms with van der Waals surface area (Å²) in [6, 6.07) is 7.53. The molecule has 0 saturated heterocycles. The first-order chi connectivity index (χ1) is 11.3. The van der Waals surface area contributed by atoms with Gasteiger partial charge in [-0.25, -0.2) is 4.98 Å². The van der Waals surface area contributed by atoms with Crippen molar-refractivity contribution in [2.75, 3.05) is 0 Å². The number of benzene rings is 1. The summed E-state index contributed by atoms with van der Waals surface area (Å²) < 4.78 is 12.7. The van der Waals surface area contributed by atoms with Crippen molar-refractivity contribution in [3.05, 3.63) is 36.4 Å². The summed E-state index contributed by atoms with van der Waals surface area (Å²) >= 11 is 0. The number of hydrogen-bond donors (Lipinski definition) is 0. The second-order valence-electron chi connectivity index (χ2n) is 5.12. The summed E-state index contributed by atoms with van der Waals surface area (Å²) in [5.41, 5.74) is 3.05. The van der Waals surface area contributed by atoms with Crippen molar-refractivity contribution in [2.45, 2.75) is 26.8 Å². The molecule has 0 fully saturated rings. The second-order valence-corrected chi connectivity index (χ2v) is 5.12. The number of aryl methyl sites for hydroxylation is 2. The molecule has 116 valence electrons. The Morgan fingerprint density at radius 2 is 2.04 bits per heavy atom. The number of oxazole rings is 1. The van der Waals surface area contributed by atoms with Crippen LogP contribution < -0.4 is 0 Å². The molecule has 3 heterocycles. The topological polar surface area (TPSA) is 82.8 Å². The Hall–Kier alpha value is -2.96. The molecule has 0 aliphatic carbocycles. The fourth-order valence-electron chi connectivity index (χ4n) is 2.36. The van der Waals surface area contributed by atoms with Crippen molar-refractivity contribution in [3.8, 4) is 23.0 Å². The van der Waals surface area contributed by atoms with Crippen LogP contribution in [-0.2, 0) is 13.0 Å². The van der Waals surface area contributed by atoms with E-state index in [4.69, 9.17) is 8.94 Å². The van der Waals surface area contributed by atoms with E-state index in [0.717, 1.165) is 35.5 Å². The Bertz CT molecular complexity index is 966. The van der Waals surface area contributed by atoms with Gasteiger partial charge in [0.05, 0.1) is 0 Å². The van der Waals surface area contributed by atoms with Crippen LogP contribution in [0.4, 0.5) is 0 Å². The summed E-state index contributed by atoms with van der Waals surface area (Å²) in [6.07, 6.45) is 2.64. The second kappa shape index (κ2) is 5.35. The van der Waals surface area contributed by atoms with E-state index < -0.39 is 0 Å². The zero-order valence-corrected chi connectivity index (χ0v) is 12.9. The molecule has 4 rings (SSSR count). The smallest absolute Gasteiger partial charge is 0.278 e. The van der Waals surface area contributed by atoms with Crippen molar-refractivity contribution >= 4 is 11.1 Å². The lowest BCUT2D eigenvalue weighted by Crippen LogP contribution is -1.93. The first-order valence-corrected chi connectivity index (χ1v) is 7.54. The summed E-state index contributed by atoms with van der Waals surface area (Å²) in [7, 11) is 0. The molecule has 3 aromatic heterocycles. The molecule has 0 unspecified atom stereocenters. The quantitative estimate of drug-likeness (QED) is 0.575. The van der Waals surface area contributed by atoms with E-state index in [1.165, 1.54) is 0 Å². The van der Waals surface area contributed by atoms with E-state index in [0.29, 0.717) is 17.4 Å². The molecule has 23 heavy (non-hydrogen) atoms. The molecule has 0 aliphatic heterocycles. The number of nitrogens with zero attached hydrogens (tertiary/aromatic N) is 5. The Morgan fingerprint density at radius 1 is 1.13 bits per heavy atom. The molecule has 4 aromatic rings. The molecule has 0 N–H and O–H groups in total. The Balaban J connectivity index is 1.70. The molecule has 7 nitrogen and oxygen atoms in total. The van der Waals surface area contributed by atoms with Gasteiger partial charge in [0.1, 0.15) is 5.52 Å². The van der Waals surface area contributed by atoms with Crippen LogP contribution in [-0.4, -0.2) is 24.9 Å². The van der Waals surface area contributed by atoms with Gasteiger partial charge in [-0.2, -0.15) is 10.1 Å². The Labute approximate surface area is 131 Å². The van der Waals surface area contributed by atoms with E-state index in [1.54, 1.807) is 0 Å². The van der Waals surface area contributed by atoms with Gasteiger partial charge in [-0.3, -0.25) is 4.68 Å². The molecule has 0 amide bonds. The summed E-state index contributed by atoms with van der Waals surface area (Å²) in [5.74, 6) is 1.63. The van der Waals surface area contributed by atoms with E-state index in [-0.39, 0.29) is 0 Å². The predicted molar refractivity (Wildman–Crippen MR) is 83.6 cm³/mol. The molecule has 0 radical (unpaired) electrons. The van der Waals surface area contributed by atoms with Gasteiger partial charge < -0.3 is 8.94 Å². The van der Waals surface area contributed by atoms with E-state index in [2.05, 4.69) is 20.2 Å². The first kappa shape index (κ1) is 13.7. The molecular weight excluding hydrogens is 294 g/mol. The number of hydrogen-bond acceptors (Lipinski definition) is 6. The first-order valence-electron chi connectivity index (χ1n) is 7.54. The third kappa shape index (κ3) is 2.40. The predicted octanol–water partition coefficient (Wildman–Crippen LogP) is 3.32. The number of fused-ring (bicyclic) bond motifs is 1. The lowest BCUT2D eigenvalue weighted by molar-refractivity contribution is 0.430. The maximum absolute atomic E-state index is 5.61. The van der Waals surface area contributed by atoms with Crippen molar-refractivity contribution in [1.82, 2.24) is 24.9 Å². The largest absolute Gasteiger partial charge is 0.441 e. The normalized spacial score (nSPS) is 11.4. The van der Waals surface area contributed by atoms with Gasteiger partial charge >= 0.3 is 0 Å². The standard InChI is InChI=1S/C16H15N5O2/c1-3-14-17-12-9-10(5-6-13(12)22-14)15-18-16(23-20-15)11-7-8-21(4-2)19-11/h5-9H,3-4H2,1-2H3. The van der Waals surface area contributed by atoms with Crippen LogP contribution in [0.5, 0.6) is 0 Å². The lowest BCUT2D eigenvalue weighted by atomic mass is 10.2. The zero-order valence-electron chi connectivity index (χ0n) is 12.9. The van der Waals surface area contributed by atoms with Crippen molar-refractivity contribution in [3.63, 3.8) is 0 Å². The molecule has 0 spiro atoms. The van der Waals surface area contributed by atoms with Crippen molar-refractivity contribution < 1.29 is 8.94 Å². The van der Waals surface area contributed by atoms with Crippen molar-refractivity contribution in [2.24, 2.45) is 0 Å². The van der Waals surface area contributed by atoms with Crippen molar-refractivity contribution in [1.29, 1.82) is 0 Å². The molecule has 0 aliphatic rings. The van der Waals surface area contributed by atoms with E-state index in [9.17, 15) is 0 Å². The maximum Gasteiger partial charge on any atom is 0.278 e. The van der Waals surface area contributed by atoms with Crippen LogP contribution in [0, 0.1) is 0 Å². The monoisotopic (exact) mass is 309 g/mol. The molecule has 1 aromatic carbocycles. The minimum atomic E-state index is 0.404. The third-order valence-electron chi connectivity index (χ3n) is 3.60. The minimum absolute atomic E-state index is 0.404. The lowest BCUT2D eigenvalue weighted by Gasteiger charge is -1.92. The van der Waals surface area contributed by atoms with Gasteiger partial charge in [0, 0.05) is 24.7 Å². The molecule has 0 atom stereocenters. The SMILES string of the molecule is CCc1nc2cc(-c3noc(-c4ccn(CC)n4)n3)ccc2o1.